The van der Waals surface area contributed by atoms with Gasteiger partial charge in [-0.2, -0.15) is 0 Å². The van der Waals surface area contributed by atoms with Gasteiger partial charge in [0.25, 0.3) is 0 Å². The minimum Gasteiger partial charge on any atom is -0.462 e. The first-order valence-electron chi connectivity index (χ1n) is 26.7. The molecular formula is C59H98O6. The predicted octanol–water partition coefficient (Wildman–Crippen LogP) is 17.8. The van der Waals surface area contributed by atoms with E-state index >= 15 is 0 Å². The minimum atomic E-state index is -0.808. The molecule has 0 aliphatic carbocycles. The molecular weight excluding hydrogens is 805 g/mol. The number of unbranched alkanes of at least 4 members (excludes halogenated alkanes) is 20. The first-order chi connectivity index (χ1) is 32.0. The maximum Gasteiger partial charge on any atom is 0.306 e. The monoisotopic (exact) mass is 903 g/mol. The van der Waals surface area contributed by atoms with Gasteiger partial charge in [-0.15, -0.1) is 0 Å². The van der Waals surface area contributed by atoms with Crippen LogP contribution >= 0.6 is 0 Å². The van der Waals surface area contributed by atoms with E-state index in [9.17, 15) is 14.4 Å². The van der Waals surface area contributed by atoms with E-state index in [1.165, 1.54) is 96.3 Å². The van der Waals surface area contributed by atoms with Crippen molar-refractivity contribution in [1.29, 1.82) is 0 Å². The molecule has 0 aromatic carbocycles. The molecule has 0 fully saturated rings. The Morgan fingerprint density at radius 2 is 0.615 bits per heavy atom. The molecule has 0 aromatic rings. The van der Waals surface area contributed by atoms with Crippen LogP contribution in [0.25, 0.3) is 0 Å². The largest absolute Gasteiger partial charge is 0.462 e. The van der Waals surface area contributed by atoms with E-state index in [1.807, 2.05) is 0 Å². The summed E-state index contributed by atoms with van der Waals surface area (Å²) in [6.45, 7) is 6.35. The van der Waals surface area contributed by atoms with Gasteiger partial charge in [0.2, 0.25) is 0 Å². The fraction of sp³-hybridized carbons (Fsp3) is 0.678. The minimum absolute atomic E-state index is 0.101. The van der Waals surface area contributed by atoms with Crippen molar-refractivity contribution in [2.75, 3.05) is 13.2 Å². The van der Waals surface area contributed by atoms with Crippen LogP contribution in [0.3, 0.4) is 0 Å². The number of carbonyl (C=O) groups is 3. The van der Waals surface area contributed by atoms with Gasteiger partial charge in [-0.05, 0) is 89.9 Å². The molecule has 0 saturated carbocycles. The first-order valence-corrected chi connectivity index (χ1v) is 26.7. The maximum atomic E-state index is 12.8. The molecule has 1 atom stereocenters. The molecule has 6 nitrogen and oxygen atoms in total. The van der Waals surface area contributed by atoms with Crippen molar-refractivity contribution in [2.45, 2.75) is 245 Å². The summed E-state index contributed by atoms with van der Waals surface area (Å²) >= 11 is 0. The van der Waals surface area contributed by atoms with Crippen molar-refractivity contribution < 1.29 is 28.6 Å². The van der Waals surface area contributed by atoms with Crippen LogP contribution in [-0.2, 0) is 28.6 Å². The van der Waals surface area contributed by atoms with Crippen LogP contribution < -0.4 is 0 Å². The Labute approximate surface area is 400 Å². The van der Waals surface area contributed by atoms with E-state index in [-0.39, 0.29) is 37.5 Å². The Kier molecular flexibility index (Phi) is 50.0. The van der Waals surface area contributed by atoms with Gasteiger partial charge in [0, 0.05) is 19.3 Å². The molecule has 370 valence electrons. The highest BCUT2D eigenvalue weighted by Crippen LogP contribution is 2.14. The van der Waals surface area contributed by atoms with E-state index in [2.05, 4.69) is 118 Å². The molecule has 6 heteroatoms. The fourth-order valence-electron chi connectivity index (χ4n) is 7.14. The highest BCUT2D eigenvalue weighted by molar-refractivity contribution is 5.71. The number of allylic oxidation sites excluding steroid dienone is 16. The van der Waals surface area contributed by atoms with Gasteiger partial charge in [0.1, 0.15) is 13.2 Å². The third kappa shape index (κ3) is 51.2. The van der Waals surface area contributed by atoms with Crippen molar-refractivity contribution in [3.05, 3.63) is 97.2 Å². The molecule has 0 aromatic heterocycles. The second kappa shape index (κ2) is 52.9. The Morgan fingerprint density at radius 3 is 0.985 bits per heavy atom. The summed E-state index contributed by atoms with van der Waals surface area (Å²) in [4.78, 5) is 38.0. The molecule has 65 heavy (non-hydrogen) atoms. The first kappa shape index (κ1) is 61.3. The van der Waals surface area contributed by atoms with Gasteiger partial charge in [-0.3, -0.25) is 14.4 Å². The zero-order valence-corrected chi connectivity index (χ0v) is 42.2. The molecule has 0 bridgehead atoms. The van der Waals surface area contributed by atoms with E-state index in [0.717, 1.165) is 96.3 Å². The van der Waals surface area contributed by atoms with Crippen molar-refractivity contribution in [3.63, 3.8) is 0 Å². The van der Waals surface area contributed by atoms with E-state index in [1.54, 1.807) is 0 Å². The Hall–Kier alpha value is -3.67. The smallest absolute Gasteiger partial charge is 0.306 e. The summed E-state index contributed by atoms with van der Waals surface area (Å²) in [7, 11) is 0. The Bertz CT molecular complexity index is 1310. The van der Waals surface area contributed by atoms with Gasteiger partial charge in [-0.25, -0.2) is 0 Å². The number of carbonyl (C=O) groups excluding carboxylic acids is 3. The number of ether oxygens (including phenoxy) is 3. The summed E-state index contributed by atoms with van der Waals surface area (Å²) in [5, 5.41) is 0. The number of rotatable bonds is 47. The third-order valence-electron chi connectivity index (χ3n) is 11.1. The average Bonchev–Trinajstić information content (AvgIpc) is 3.30. The Morgan fingerprint density at radius 1 is 0.323 bits per heavy atom. The molecule has 0 N–H and O–H groups in total. The lowest BCUT2D eigenvalue weighted by molar-refractivity contribution is -0.167. The molecule has 1 unspecified atom stereocenters. The van der Waals surface area contributed by atoms with Crippen LogP contribution in [0.2, 0.25) is 0 Å². The molecule has 0 aliphatic rings. The van der Waals surface area contributed by atoms with E-state index in [4.69, 9.17) is 14.2 Å². The third-order valence-corrected chi connectivity index (χ3v) is 11.1. The van der Waals surface area contributed by atoms with Gasteiger partial charge < -0.3 is 14.2 Å². The molecule has 0 rings (SSSR count). The molecule has 0 saturated heterocycles. The second-order valence-electron chi connectivity index (χ2n) is 17.4. The summed E-state index contributed by atoms with van der Waals surface area (Å²) in [6, 6.07) is 0. The summed E-state index contributed by atoms with van der Waals surface area (Å²) < 4.78 is 16.8. The van der Waals surface area contributed by atoms with Crippen LogP contribution in [0.5, 0.6) is 0 Å². The van der Waals surface area contributed by atoms with Gasteiger partial charge >= 0.3 is 17.9 Å². The summed E-state index contributed by atoms with van der Waals surface area (Å²) in [6.07, 6.45) is 69.7. The SMILES string of the molecule is CC/C=C\C/C=C\C/C=C\C/C=C\C/C=C\CCCC(=O)OC(COC(=O)CCCCCCCCCCC/C=C\C/C=C\C/C=C\CC)COC(=O)CCCCCCCCCCCCC. The quantitative estimate of drug-likeness (QED) is 0.0262. The van der Waals surface area contributed by atoms with E-state index in [0.29, 0.717) is 19.3 Å². The van der Waals surface area contributed by atoms with Gasteiger partial charge in [0.15, 0.2) is 6.10 Å². The topological polar surface area (TPSA) is 78.9 Å². The van der Waals surface area contributed by atoms with Crippen molar-refractivity contribution in [1.82, 2.24) is 0 Å². The lowest BCUT2D eigenvalue weighted by Crippen LogP contribution is -2.30. The lowest BCUT2D eigenvalue weighted by Gasteiger charge is -2.18. The Balaban J connectivity index is 4.44. The fourth-order valence-corrected chi connectivity index (χ4v) is 7.14. The average molecular weight is 903 g/mol. The molecule has 0 amide bonds. The number of hydrogen-bond donors (Lipinski definition) is 0. The van der Waals surface area contributed by atoms with Crippen LogP contribution in [0.4, 0.5) is 0 Å². The van der Waals surface area contributed by atoms with Crippen LogP contribution in [0.15, 0.2) is 97.2 Å². The predicted molar refractivity (Wildman–Crippen MR) is 279 cm³/mol. The van der Waals surface area contributed by atoms with Gasteiger partial charge in [-0.1, -0.05) is 227 Å². The zero-order chi connectivity index (χ0) is 47.2. The van der Waals surface area contributed by atoms with Gasteiger partial charge in [0.05, 0.1) is 0 Å². The van der Waals surface area contributed by atoms with Crippen molar-refractivity contribution in [3.8, 4) is 0 Å². The lowest BCUT2D eigenvalue weighted by atomic mass is 10.1. The maximum absolute atomic E-state index is 12.8. The molecule has 0 radical (unpaired) electrons. The molecule has 0 heterocycles. The second-order valence-corrected chi connectivity index (χ2v) is 17.4. The van der Waals surface area contributed by atoms with Crippen LogP contribution in [-0.4, -0.2) is 37.2 Å². The summed E-state index contributed by atoms with van der Waals surface area (Å²) in [5.74, 6) is -0.966. The zero-order valence-electron chi connectivity index (χ0n) is 42.2. The van der Waals surface area contributed by atoms with E-state index < -0.39 is 6.10 Å². The molecule has 0 spiro atoms. The normalized spacial score (nSPS) is 12.8. The van der Waals surface area contributed by atoms with Crippen molar-refractivity contribution in [2.24, 2.45) is 0 Å². The highest BCUT2D eigenvalue weighted by atomic mass is 16.6. The number of hydrogen-bond acceptors (Lipinski definition) is 6. The van der Waals surface area contributed by atoms with Crippen LogP contribution in [0, 0.1) is 0 Å². The van der Waals surface area contributed by atoms with Crippen molar-refractivity contribution >= 4 is 17.9 Å². The summed E-state index contributed by atoms with van der Waals surface area (Å²) in [5.41, 5.74) is 0. The molecule has 0 aliphatic heterocycles. The number of esters is 3. The van der Waals surface area contributed by atoms with Crippen LogP contribution in [0.1, 0.15) is 239 Å². The standard InChI is InChI=1S/C59H98O6/c1-4-7-10-13-16-19-22-24-26-28-29-31-32-34-37-40-43-46-49-52-58(61)64-55-56(54-63-57(60)51-48-45-42-39-36-21-18-15-12-9-6-3)65-59(62)53-50-47-44-41-38-35-33-30-27-25-23-20-17-14-11-8-5-2/h7-8,10-11,16-17,19-20,24-27,33,35,41,44,56H,4-6,9,12-15,18,21-23,28-32,34,36-40,42-43,45-55H2,1-3H3/b10-7-,11-8-,19-16-,20-17-,26-24-,27-25-,35-33-,44-41-. The highest BCUT2D eigenvalue weighted by Gasteiger charge is 2.19.